The van der Waals surface area contributed by atoms with Crippen LogP contribution in [0.25, 0.3) is 11.0 Å². The molecule has 1 aromatic heterocycles. The van der Waals surface area contributed by atoms with Crippen molar-refractivity contribution in [3.63, 3.8) is 0 Å². The van der Waals surface area contributed by atoms with Crippen LogP contribution in [0.4, 0.5) is 0 Å². The molecule has 1 saturated heterocycles. The number of rotatable bonds is 6. The molecule has 0 unspecified atom stereocenters. The van der Waals surface area contributed by atoms with E-state index in [4.69, 9.17) is 4.74 Å². The number of hydrogen-bond donors (Lipinski definition) is 1. The summed E-state index contributed by atoms with van der Waals surface area (Å²) in [5, 5.41) is 1.13. The van der Waals surface area contributed by atoms with Crippen LogP contribution in [-0.4, -0.2) is 70.7 Å². The average molecular weight is 439 g/mol. The normalized spacial score (nSPS) is 18.9. The zero-order chi connectivity index (χ0) is 22.0. The van der Waals surface area contributed by atoms with E-state index in [1.807, 2.05) is 36.4 Å². The Morgan fingerprint density at radius 1 is 1.19 bits per heavy atom. The zero-order valence-corrected chi connectivity index (χ0v) is 18.7. The SMILES string of the molecule is COC(=O)c1ccc(CN2C[C@H](Sc3nc4ccccc4[nH]3)C[C@H]2C(=O)N(C)C)cc1. The maximum atomic E-state index is 12.9. The molecule has 4 rings (SSSR count). The summed E-state index contributed by atoms with van der Waals surface area (Å²) in [6.45, 7) is 1.42. The standard InChI is InChI=1S/C23H26N4O3S/c1-26(2)21(28)20-12-17(31-23-24-18-6-4-5-7-19(18)25-23)14-27(20)13-15-8-10-16(11-9-15)22(29)30-3/h4-11,17,20H,12-14H2,1-3H3,(H,24,25)/t17-,20+/m1/s1. The lowest BCUT2D eigenvalue weighted by atomic mass is 10.1. The highest BCUT2D eigenvalue weighted by Crippen LogP contribution is 2.34. The van der Waals surface area contributed by atoms with E-state index in [-0.39, 0.29) is 23.2 Å². The first-order valence-electron chi connectivity index (χ1n) is 10.2. The second kappa shape index (κ2) is 9.11. The molecule has 2 aromatic carbocycles. The molecule has 8 heteroatoms. The van der Waals surface area contributed by atoms with Crippen LogP contribution >= 0.6 is 11.8 Å². The van der Waals surface area contributed by atoms with Gasteiger partial charge in [-0.05, 0) is 36.2 Å². The predicted octanol–water partition coefficient (Wildman–Crippen LogP) is 3.17. The Morgan fingerprint density at radius 3 is 2.61 bits per heavy atom. The van der Waals surface area contributed by atoms with Crippen LogP contribution in [0.15, 0.2) is 53.7 Å². The molecule has 1 aliphatic rings. The number of fused-ring (bicyclic) bond motifs is 1. The number of ether oxygens (including phenoxy) is 1. The van der Waals surface area contributed by atoms with Gasteiger partial charge in [-0.2, -0.15) is 0 Å². The Labute approximate surface area is 185 Å². The summed E-state index contributed by atoms with van der Waals surface area (Å²) in [6.07, 6.45) is 0.763. The van der Waals surface area contributed by atoms with Gasteiger partial charge in [0.15, 0.2) is 5.16 Å². The number of benzene rings is 2. The number of likely N-dealkylation sites (tertiary alicyclic amines) is 1. The minimum absolute atomic E-state index is 0.110. The fourth-order valence-corrected chi connectivity index (χ4v) is 5.10. The van der Waals surface area contributed by atoms with E-state index in [1.165, 1.54) is 7.11 Å². The fourth-order valence-electron chi connectivity index (χ4n) is 3.92. The number of carbonyl (C=O) groups is 2. The highest BCUT2D eigenvalue weighted by Gasteiger charge is 2.38. The van der Waals surface area contributed by atoms with Gasteiger partial charge < -0.3 is 14.6 Å². The first kappa shape index (κ1) is 21.4. The molecule has 1 N–H and O–H groups in total. The number of likely N-dealkylation sites (N-methyl/N-ethyl adjacent to an activating group) is 1. The van der Waals surface area contributed by atoms with Crippen molar-refractivity contribution in [1.82, 2.24) is 19.8 Å². The summed E-state index contributed by atoms with van der Waals surface area (Å²) in [5.74, 6) is -0.241. The second-order valence-electron chi connectivity index (χ2n) is 7.90. The molecule has 162 valence electrons. The number of hydrogen-bond acceptors (Lipinski definition) is 6. The number of thioether (sulfide) groups is 1. The number of aromatic nitrogens is 2. The highest BCUT2D eigenvalue weighted by atomic mass is 32.2. The molecule has 7 nitrogen and oxygen atoms in total. The zero-order valence-electron chi connectivity index (χ0n) is 17.9. The first-order chi connectivity index (χ1) is 14.9. The summed E-state index contributed by atoms with van der Waals surface area (Å²) in [5.41, 5.74) is 3.54. The molecule has 1 fully saturated rings. The third-order valence-electron chi connectivity index (χ3n) is 5.50. The highest BCUT2D eigenvalue weighted by molar-refractivity contribution is 7.99. The monoisotopic (exact) mass is 438 g/mol. The Morgan fingerprint density at radius 2 is 1.94 bits per heavy atom. The quantitative estimate of drug-likeness (QED) is 0.596. The molecule has 2 heterocycles. The number of carbonyl (C=O) groups excluding carboxylic acids is 2. The van der Waals surface area contributed by atoms with E-state index in [9.17, 15) is 9.59 Å². The van der Waals surface area contributed by atoms with Gasteiger partial charge in [0, 0.05) is 32.4 Å². The van der Waals surface area contributed by atoms with Gasteiger partial charge in [0.05, 0.1) is 29.7 Å². The molecule has 1 aliphatic heterocycles. The largest absolute Gasteiger partial charge is 0.465 e. The Bertz CT molecular complexity index is 1050. The van der Waals surface area contributed by atoms with Crippen LogP contribution in [0.3, 0.4) is 0 Å². The number of imidazole rings is 1. The third kappa shape index (κ3) is 4.75. The molecule has 0 radical (unpaired) electrons. The fraction of sp³-hybridized carbons (Fsp3) is 0.348. The number of H-pyrrole nitrogens is 1. The van der Waals surface area contributed by atoms with Gasteiger partial charge in [0.2, 0.25) is 5.91 Å². The summed E-state index contributed by atoms with van der Waals surface area (Å²) in [6, 6.07) is 15.2. The van der Waals surface area contributed by atoms with Crippen LogP contribution in [0, 0.1) is 0 Å². The predicted molar refractivity (Wildman–Crippen MR) is 121 cm³/mol. The number of esters is 1. The molecule has 3 aromatic rings. The van der Waals surface area contributed by atoms with E-state index in [1.54, 1.807) is 42.9 Å². The van der Waals surface area contributed by atoms with Gasteiger partial charge in [0.1, 0.15) is 0 Å². The second-order valence-corrected chi connectivity index (χ2v) is 9.19. The first-order valence-corrected chi connectivity index (χ1v) is 11.1. The Hall–Kier alpha value is -2.84. The van der Waals surface area contributed by atoms with Crippen LogP contribution in [0.2, 0.25) is 0 Å². The van der Waals surface area contributed by atoms with Gasteiger partial charge in [-0.1, -0.05) is 36.0 Å². The van der Waals surface area contributed by atoms with Crippen molar-refractivity contribution in [2.45, 2.75) is 29.4 Å². The molecule has 2 atom stereocenters. The molecule has 31 heavy (non-hydrogen) atoms. The molecule has 0 aliphatic carbocycles. The topological polar surface area (TPSA) is 78.5 Å². The Balaban J connectivity index is 1.49. The van der Waals surface area contributed by atoms with Crippen molar-refractivity contribution in [3.05, 3.63) is 59.7 Å². The Kier molecular flexibility index (Phi) is 6.29. The van der Waals surface area contributed by atoms with Crippen LogP contribution in [-0.2, 0) is 16.1 Å². The van der Waals surface area contributed by atoms with Crippen LogP contribution in [0.1, 0.15) is 22.3 Å². The van der Waals surface area contributed by atoms with Crippen molar-refractivity contribution in [2.24, 2.45) is 0 Å². The molecular weight excluding hydrogens is 412 g/mol. The molecule has 0 saturated carbocycles. The van der Waals surface area contributed by atoms with Gasteiger partial charge >= 0.3 is 5.97 Å². The number of amides is 1. The van der Waals surface area contributed by atoms with E-state index >= 15 is 0 Å². The van der Waals surface area contributed by atoms with Crippen molar-refractivity contribution in [3.8, 4) is 0 Å². The molecule has 1 amide bonds. The van der Waals surface area contributed by atoms with Crippen molar-refractivity contribution in [1.29, 1.82) is 0 Å². The van der Waals surface area contributed by atoms with Gasteiger partial charge in [0.25, 0.3) is 0 Å². The lowest BCUT2D eigenvalue weighted by molar-refractivity contribution is -0.133. The van der Waals surface area contributed by atoms with E-state index < -0.39 is 0 Å². The minimum atomic E-state index is -0.351. The number of aromatic amines is 1. The van der Waals surface area contributed by atoms with Crippen molar-refractivity contribution in [2.75, 3.05) is 27.7 Å². The lowest BCUT2D eigenvalue weighted by Gasteiger charge is -2.26. The maximum Gasteiger partial charge on any atom is 0.337 e. The number of nitrogens with zero attached hydrogens (tertiary/aromatic N) is 3. The molecular formula is C23H26N4O3S. The summed E-state index contributed by atoms with van der Waals surface area (Å²) in [4.78, 5) is 36.5. The van der Waals surface area contributed by atoms with Gasteiger partial charge in [-0.25, -0.2) is 9.78 Å². The summed E-state index contributed by atoms with van der Waals surface area (Å²) < 4.78 is 4.77. The third-order valence-corrected chi connectivity index (χ3v) is 6.59. The number of para-hydroxylation sites is 2. The maximum absolute atomic E-state index is 12.9. The summed E-state index contributed by atoms with van der Waals surface area (Å²) in [7, 11) is 4.97. The van der Waals surface area contributed by atoms with E-state index in [0.717, 1.165) is 34.7 Å². The van der Waals surface area contributed by atoms with Gasteiger partial charge in [-0.3, -0.25) is 9.69 Å². The average Bonchev–Trinajstić information content (AvgIpc) is 3.36. The number of methoxy groups -OCH3 is 1. The summed E-state index contributed by atoms with van der Waals surface area (Å²) >= 11 is 1.69. The van der Waals surface area contributed by atoms with Crippen molar-refractivity contribution >= 4 is 34.7 Å². The van der Waals surface area contributed by atoms with E-state index in [0.29, 0.717) is 12.1 Å². The van der Waals surface area contributed by atoms with Crippen LogP contribution in [0.5, 0.6) is 0 Å². The number of nitrogens with one attached hydrogen (secondary N) is 1. The minimum Gasteiger partial charge on any atom is -0.465 e. The molecule has 0 spiro atoms. The molecule has 0 bridgehead atoms. The van der Waals surface area contributed by atoms with Crippen LogP contribution < -0.4 is 0 Å². The smallest absolute Gasteiger partial charge is 0.337 e. The lowest BCUT2D eigenvalue weighted by Crippen LogP contribution is -2.42. The van der Waals surface area contributed by atoms with E-state index in [2.05, 4.69) is 14.9 Å². The van der Waals surface area contributed by atoms with Gasteiger partial charge in [-0.15, -0.1) is 0 Å². The van der Waals surface area contributed by atoms with Crippen molar-refractivity contribution < 1.29 is 14.3 Å².